The Kier molecular flexibility index (Phi) is 14.8. The normalized spacial score (nSPS) is 11.3. The van der Waals surface area contributed by atoms with Crippen LogP contribution in [0.2, 0.25) is 5.02 Å². The number of esters is 1. The highest BCUT2D eigenvalue weighted by Gasteiger charge is 2.25. The van der Waals surface area contributed by atoms with E-state index in [1.807, 2.05) is 20.8 Å². The topological polar surface area (TPSA) is 111 Å². The van der Waals surface area contributed by atoms with Gasteiger partial charge in [0, 0.05) is 29.0 Å². The van der Waals surface area contributed by atoms with E-state index in [2.05, 4.69) is 39.3 Å². The minimum atomic E-state index is -0.705. The lowest BCUT2D eigenvalue weighted by molar-refractivity contribution is -0.136. The van der Waals surface area contributed by atoms with E-state index < -0.39 is 11.9 Å². The minimum absolute atomic E-state index is 0.227. The molecular formula is C35H50ClN5O4. The number of benzene rings is 1. The molecule has 0 atom stereocenters. The van der Waals surface area contributed by atoms with Gasteiger partial charge in [-0.2, -0.15) is 5.10 Å². The van der Waals surface area contributed by atoms with Crippen molar-refractivity contribution in [2.75, 3.05) is 19.0 Å². The monoisotopic (exact) mass is 639 g/mol. The van der Waals surface area contributed by atoms with Crippen molar-refractivity contribution in [3.8, 4) is 29.0 Å². The number of nitrogens with zero attached hydrogens (tertiary/aromatic N) is 3. The average Bonchev–Trinajstić information content (AvgIpc) is 3.57. The van der Waals surface area contributed by atoms with Crippen LogP contribution in [0.4, 0.5) is 5.69 Å². The van der Waals surface area contributed by atoms with Crippen molar-refractivity contribution in [2.45, 2.75) is 123 Å². The summed E-state index contributed by atoms with van der Waals surface area (Å²) in [6.45, 7) is 8.67. The van der Waals surface area contributed by atoms with Gasteiger partial charge in [-0.25, -0.2) is 4.79 Å². The van der Waals surface area contributed by atoms with Crippen molar-refractivity contribution in [3.05, 3.63) is 28.9 Å². The summed E-state index contributed by atoms with van der Waals surface area (Å²) < 4.78 is 12.2. The number of amides is 1. The van der Waals surface area contributed by atoms with E-state index in [-0.39, 0.29) is 5.41 Å². The van der Waals surface area contributed by atoms with Gasteiger partial charge in [-0.1, -0.05) is 123 Å². The Balaban J connectivity index is 1.34. The van der Waals surface area contributed by atoms with Crippen molar-refractivity contribution in [3.63, 3.8) is 0 Å². The Hall–Kier alpha value is -3.51. The van der Waals surface area contributed by atoms with E-state index in [1.165, 1.54) is 82.4 Å². The van der Waals surface area contributed by atoms with E-state index in [9.17, 15) is 9.59 Å². The fraction of sp³-hybridized carbons (Fsp3) is 0.600. The number of unbranched alkanes of at least 4 members (excludes halogenated alkanes) is 13. The highest BCUT2D eigenvalue weighted by Crippen LogP contribution is 2.34. The number of H-pyrrole nitrogens is 1. The summed E-state index contributed by atoms with van der Waals surface area (Å²) in [5.41, 5.74) is 2.22. The molecule has 0 saturated heterocycles. The number of fused-ring (bicyclic) bond motifs is 1. The maximum Gasteiger partial charge on any atom is 0.384 e. The first-order valence-corrected chi connectivity index (χ1v) is 16.8. The first-order chi connectivity index (χ1) is 21.6. The summed E-state index contributed by atoms with van der Waals surface area (Å²) in [7, 11) is 1.52. The van der Waals surface area contributed by atoms with Crippen LogP contribution in [-0.2, 0) is 19.7 Å². The molecule has 45 heavy (non-hydrogen) atoms. The summed E-state index contributed by atoms with van der Waals surface area (Å²) >= 11 is 6.56. The fourth-order valence-corrected chi connectivity index (χ4v) is 5.57. The van der Waals surface area contributed by atoms with Gasteiger partial charge in [-0.15, -0.1) is 9.73 Å². The SMILES string of the molecule is CCCCCCCCCCCCCCCCOC(=O)C#CC(=O)Nc1ccc(-c2nn3nc(C(C)(C)C)c(Cl)c3[nH]2)c(OC)c1. The van der Waals surface area contributed by atoms with Crippen LogP contribution in [0.1, 0.15) is 123 Å². The molecule has 0 bridgehead atoms. The molecule has 0 aliphatic rings. The number of aromatic nitrogens is 4. The Morgan fingerprint density at radius 3 is 2.07 bits per heavy atom. The van der Waals surface area contributed by atoms with Gasteiger partial charge in [-0.3, -0.25) is 4.79 Å². The van der Waals surface area contributed by atoms with Crippen molar-refractivity contribution in [2.24, 2.45) is 0 Å². The van der Waals surface area contributed by atoms with E-state index in [0.717, 1.165) is 25.0 Å². The third-order valence-corrected chi connectivity index (χ3v) is 8.03. The molecule has 1 amide bonds. The maximum absolute atomic E-state index is 12.3. The third-order valence-electron chi connectivity index (χ3n) is 7.68. The molecule has 0 saturated carbocycles. The van der Waals surface area contributed by atoms with Gasteiger partial charge in [-0.05, 0) is 18.6 Å². The average molecular weight is 640 g/mol. The number of ether oxygens (including phenoxy) is 2. The van der Waals surface area contributed by atoms with Crippen LogP contribution < -0.4 is 10.1 Å². The number of aromatic amines is 1. The van der Waals surface area contributed by atoms with E-state index >= 15 is 0 Å². The van der Waals surface area contributed by atoms with Crippen molar-refractivity contribution >= 4 is 34.8 Å². The van der Waals surface area contributed by atoms with Gasteiger partial charge in [0.05, 0.1) is 25.0 Å². The van der Waals surface area contributed by atoms with Crippen molar-refractivity contribution < 1.29 is 19.1 Å². The Morgan fingerprint density at radius 2 is 1.51 bits per heavy atom. The Bertz CT molecular complexity index is 1440. The molecule has 10 heteroatoms. The molecular weight excluding hydrogens is 590 g/mol. The number of carbonyl (C=O) groups excluding carboxylic acids is 2. The van der Waals surface area contributed by atoms with Crippen LogP contribution in [0.3, 0.4) is 0 Å². The van der Waals surface area contributed by atoms with Gasteiger partial charge in [0.25, 0.3) is 0 Å². The molecule has 246 valence electrons. The second kappa shape index (κ2) is 18.5. The maximum atomic E-state index is 12.3. The number of hydrogen-bond donors (Lipinski definition) is 2. The smallest absolute Gasteiger partial charge is 0.384 e. The van der Waals surface area contributed by atoms with E-state index in [4.69, 9.17) is 21.1 Å². The Labute approximate surface area is 273 Å². The second-order valence-corrected chi connectivity index (χ2v) is 13.0. The zero-order chi connectivity index (χ0) is 32.7. The molecule has 3 aromatic rings. The molecule has 2 aromatic heterocycles. The first kappa shape index (κ1) is 36.0. The number of nitrogens with one attached hydrogen (secondary N) is 2. The van der Waals surface area contributed by atoms with Crippen LogP contribution in [0.5, 0.6) is 5.75 Å². The lowest BCUT2D eigenvalue weighted by Crippen LogP contribution is -2.13. The summed E-state index contributed by atoms with van der Waals surface area (Å²) in [6, 6.07) is 5.10. The summed E-state index contributed by atoms with van der Waals surface area (Å²) in [4.78, 5) is 27.5. The van der Waals surface area contributed by atoms with Crippen LogP contribution in [0.25, 0.3) is 17.0 Å². The molecule has 1 aromatic carbocycles. The van der Waals surface area contributed by atoms with E-state index in [1.54, 1.807) is 18.2 Å². The fourth-order valence-electron chi connectivity index (χ4n) is 5.13. The van der Waals surface area contributed by atoms with Crippen molar-refractivity contribution in [1.82, 2.24) is 19.8 Å². The second-order valence-electron chi connectivity index (χ2n) is 12.6. The standard InChI is InChI=1S/C35H50ClN5O4/c1-6-7-8-9-10-11-12-13-14-15-16-17-18-19-24-45-30(43)23-22-29(42)37-26-20-21-27(28(25-26)44-5)33-38-34-31(36)32(35(2,3)4)39-41(34)40-33/h20-21,25H,6-19,24H2,1-5H3,(H,37,42)(H,38,40). The molecule has 2 N–H and O–H groups in total. The number of hydrogen-bond acceptors (Lipinski definition) is 6. The van der Waals surface area contributed by atoms with Gasteiger partial charge < -0.3 is 19.8 Å². The Morgan fingerprint density at radius 1 is 0.911 bits per heavy atom. The molecule has 0 aliphatic carbocycles. The highest BCUT2D eigenvalue weighted by atomic mass is 35.5. The molecule has 0 spiro atoms. The zero-order valence-electron chi connectivity index (χ0n) is 27.7. The number of anilines is 1. The predicted octanol–water partition coefficient (Wildman–Crippen LogP) is 8.65. The largest absolute Gasteiger partial charge is 0.496 e. The van der Waals surface area contributed by atoms with Gasteiger partial charge in [0.15, 0.2) is 11.5 Å². The molecule has 9 nitrogen and oxygen atoms in total. The molecule has 0 unspecified atom stereocenters. The number of rotatable bonds is 18. The lowest BCUT2D eigenvalue weighted by Gasteiger charge is -2.14. The molecule has 0 aliphatic heterocycles. The lowest BCUT2D eigenvalue weighted by atomic mass is 9.92. The molecule has 3 rings (SSSR count). The summed E-state index contributed by atoms with van der Waals surface area (Å²) in [5, 5.41) is 12.2. The number of carbonyl (C=O) groups is 2. The minimum Gasteiger partial charge on any atom is -0.496 e. The van der Waals surface area contributed by atoms with Gasteiger partial charge in [0.1, 0.15) is 10.8 Å². The van der Waals surface area contributed by atoms with Crippen LogP contribution in [0.15, 0.2) is 18.2 Å². The third kappa shape index (κ3) is 11.7. The van der Waals surface area contributed by atoms with Gasteiger partial charge >= 0.3 is 11.9 Å². The molecule has 0 fully saturated rings. The first-order valence-electron chi connectivity index (χ1n) is 16.5. The van der Waals surface area contributed by atoms with Crippen molar-refractivity contribution in [1.29, 1.82) is 0 Å². The van der Waals surface area contributed by atoms with Crippen LogP contribution in [0, 0.1) is 11.8 Å². The predicted molar refractivity (Wildman–Crippen MR) is 181 cm³/mol. The quantitative estimate of drug-likeness (QED) is 0.0624. The number of methoxy groups -OCH3 is 1. The summed E-state index contributed by atoms with van der Waals surface area (Å²) in [6.07, 6.45) is 17.7. The highest BCUT2D eigenvalue weighted by molar-refractivity contribution is 6.34. The molecule has 0 radical (unpaired) electrons. The zero-order valence-corrected chi connectivity index (χ0v) is 28.4. The summed E-state index contributed by atoms with van der Waals surface area (Å²) in [5.74, 6) is 4.20. The van der Waals surface area contributed by atoms with Crippen LogP contribution in [-0.4, -0.2) is 45.4 Å². The van der Waals surface area contributed by atoms with E-state index in [0.29, 0.717) is 40.1 Å². The van der Waals surface area contributed by atoms with Gasteiger partial charge in [0.2, 0.25) is 0 Å². The number of halogens is 1. The van der Waals surface area contributed by atoms with Crippen LogP contribution >= 0.6 is 11.6 Å². The molecule has 2 heterocycles.